The summed E-state index contributed by atoms with van der Waals surface area (Å²) in [5, 5.41) is 0. The lowest BCUT2D eigenvalue weighted by molar-refractivity contribution is 0.338. The van der Waals surface area contributed by atoms with Crippen molar-refractivity contribution >= 4 is 21.8 Å². The maximum atomic E-state index is 12.1. The first-order valence-corrected chi connectivity index (χ1v) is 8.88. The lowest BCUT2D eigenvalue weighted by Crippen LogP contribution is -2.44. The number of hydrogen-bond donors (Lipinski definition) is 1. The molecule has 6 heteroatoms. The minimum atomic E-state index is -3.27. The van der Waals surface area contributed by atoms with E-state index in [0.717, 1.165) is 38.5 Å². The molecular weight excluding hydrogens is 272 g/mol. The molecule has 0 aromatic heterocycles. The van der Waals surface area contributed by atoms with Crippen molar-refractivity contribution in [1.29, 1.82) is 0 Å². The lowest BCUT2D eigenvalue weighted by Gasteiger charge is -2.27. The second-order valence-corrected chi connectivity index (χ2v) is 7.08. The molecule has 1 atom stereocenters. The van der Waals surface area contributed by atoms with Crippen LogP contribution in [0.1, 0.15) is 45.4 Å². The number of rotatable bonds is 8. The van der Waals surface area contributed by atoms with Gasteiger partial charge in [-0.2, -0.15) is 12.7 Å². The molecule has 0 saturated carbocycles. The van der Waals surface area contributed by atoms with Crippen LogP contribution in [0.2, 0.25) is 0 Å². The summed E-state index contributed by atoms with van der Waals surface area (Å²) >= 11 is 5.74. The topological polar surface area (TPSA) is 49.4 Å². The predicted molar refractivity (Wildman–Crippen MR) is 76.1 cm³/mol. The predicted octanol–water partition coefficient (Wildman–Crippen LogP) is 2.35. The molecule has 1 saturated heterocycles. The van der Waals surface area contributed by atoms with Crippen LogP contribution in [-0.4, -0.2) is 38.2 Å². The van der Waals surface area contributed by atoms with Crippen LogP contribution in [0.25, 0.3) is 0 Å². The Labute approximate surface area is 116 Å². The Morgan fingerprint density at radius 3 is 2.44 bits per heavy atom. The smallest absolute Gasteiger partial charge is 0.202 e. The third kappa shape index (κ3) is 5.43. The van der Waals surface area contributed by atoms with Gasteiger partial charge in [-0.1, -0.05) is 19.8 Å². The van der Waals surface area contributed by atoms with Crippen LogP contribution in [0.4, 0.5) is 0 Å². The largest absolute Gasteiger partial charge is 0.279 e. The lowest BCUT2D eigenvalue weighted by atomic mass is 10.0. The van der Waals surface area contributed by atoms with Gasteiger partial charge in [0.15, 0.2) is 0 Å². The van der Waals surface area contributed by atoms with Crippen LogP contribution in [0.3, 0.4) is 0 Å². The van der Waals surface area contributed by atoms with Gasteiger partial charge in [0, 0.05) is 25.5 Å². The minimum Gasteiger partial charge on any atom is -0.202 e. The Bertz CT molecular complexity index is 310. The molecule has 18 heavy (non-hydrogen) atoms. The number of nitrogens with zero attached hydrogens (tertiary/aromatic N) is 1. The van der Waals surface area contributed by atoms with Gasteiger partial charge in [0.2, 0.25) is 0 Å². The van der Waals surface area contributed by atoms with Crippen molar-refractivity contribution < 1.29 is 8.42 Å². The highest BCUT2D eigenvalue weighted by atomic mass is 35.5. The minimum absolute atomic E-state index is 0.354. The fraction of sp³-hybridized carbons (Fsp3) is 1.00. The van der Waals surface area contributed by atoms with Crippen LogP contribution in [-0.2, 0) is 10.2 Å². The van der Waals surface area contributed by atoms with Gasteiger partial charge in [0.25, 0.3) is 10.2 Å². The standard InChI is InChI=1S/C12H25ClN2O2S/c1-2-6-12(7-8-13)11-14-18(16,17)15-9-4-3-5-10-15/h12,14H,2-11H2,1H3. The zero-order valence-electron chi connectivity index (χ0n) is 11.2. The van der Waals surface area contributed by atoms with E-state index in [1.807, 2.05) is 0 Å². The molecule has 0 aliphatic carbocycles. The van der Waals surface area contributed by atoms with Crippen LogP contribution >= 0.6 is 11.6 Å². The summed E-state index contributed by atoms with van der Waals surface area (Å²) in [6, 6.07) is 0. The molecule has 4 nitrogen and oxygen atoms in total. The molecular formula is C12H25ClN2O2S. The molecule has 0 aromatic carbocycles. The van der Waals surface area contributed by atoms with Gasteiger partial charge in [-0.3, -0.25) is 0 Å². The first-order valence-electron chi connectivity index (χ1n) is 6.91. The van der Waals surface area contributed by atoms with Gasteiger partial charge < -0.3 is 0 Å². The summed E-state index contributed by atoms with van der Waals surface area (Å²) in [6.07, 6.45) is 6.04. The number of hydrogen-bond acceptors (Lipinski definition) is 2. The van der Waals surface area contributed by atoms with E-state index in [-0.39, 0.29) is 0 Å². The molecule has 1 fully saturated rings. The van der Waals surface area contributed by atoms with Gasteiger partial charge in [0.05, 0.1) is 0 Å². The molecule has 0 radical (unpaired) electrons. The zero-order valence-corrected chi connectivity index (χ0v) is 12.8. The van der Waals surface area contributed by atoms with Gasteiger partial charge in [-0.15, -0.1) is 11.6 Å². The number of alkyl halides is 1. The second-order valence-electron chi connectivity index (χ2n) is 4.95. The maximum Gasteiger partial charge on any atom is 0.279 e. The summed E-state index contributed by atoms with van der Waals surface area (Å²) < 4.78 is 28.5. The van der Waals surface area contributed by atoms with E-state index in [4.69, 9.17) is 11.6 Å². The van der Waals surface area contributed by atoms with E-state index < -0.39 is 10.2 Å². The van der Waals surface area contributed by atoms with Gasteiger partial charge >= 0.3 is 0 Å². The van der Waals surface area contributed by atoms with Crippen LogP contribution in [0.15, 0.2) is 0 Å². The van der Waals surface area contributed by atoms with Crippen molar-refractivity contribution in [3.63, 3.8) is 0 Å². The Balaban J connectivity index is 2.43. The summed E-state index contributed by atoms with van der Waals surface area (Å²) in [5.74, 6) is 0.947. The zero-order chi connectivity index (χ0) is 13.4. The Hall–Kier alpha value is 0.160. The van der Waals surface area contributed by atoms with Crippen molar-refractivity contribution in [2.45, 2.75) is 45.4 Å². The summed E-state index contributed by atoms with van der Waals surface area (Å²) in [6.45, 7) is 3.94. The Kier molecular flexibility index (Phi) is 7.53. The Morgan fingerprint density at radius 1 is 1.22 bits per heavy atom. The highest BCUT2D eigenvalue weighted by molar-refractivity contribution is 7.87. The van der Waals surface area contributed by atoms with Crippen molar-refractivity contribution in [2.24, 2.45) is 5.92 Å². The van der Waals surface area contributed by atoms with E-state index in [2.05, 4.69) is 11.6 Å². The molecule has 0 amide bonds. The molecule has 1 aliphatic rings. The molecule has 1 unspecified atom stereocenters. The molecule has 1 aliphatic heterocycles. The highest BCUT2D eigenvalue weighted by Gasteiger charge is 2.24. The van der Waals surface area contributed by atoms with Crippen LogP contribution in [0.5, 0.6) is 0 Å². The third-order valence-electron chi connectivity index (χ3n) is 3.42. The quantitative estimate of drug-likeness (QED) is 0.699. The molecule has 0 bridgehead atoms. The molecule has 1 N–H and O–H groups in total. The van der Waals surface area contributed by atoms with E-state index in [1.54, 1.807) is 4.31 Å². The van der Waals surface area contributed by atoms with E-state index in [0.29, 0.717) is 31.4 Å². The van der Waals surface area contributed by atoms with Crippen LogP contribution < -0.4 is 4.72 Å². The summed E-state index contributed by atoms with van der Waals surface area (Å²) in [5.41, 5.74) is 0. The number of nitrogens with one attached hydrogen (secondary N) is 1. The average molecular weight is 297 g/mol. The third-order valence-corrected chi connectivity index (χ3v) is 5.22. The summed E-state index contributed by atoms with van der Waals surface area (Å²) in [7, 11) is -3.27. The fourth-order valence-electron chi connectivity index (χ4n) is 2.33. The SMILES string of the molecule is CCCC(CCCl)CNS(=O)(=O)N1CCCCC1. The van der Waals surface area contributed by atoms with Crippen molar-refractivity contribution in [1.82, 2.24) is 9.03 Å². The van der Waals surface area contributed by atoms with Crippen molar-refractivity contribution in [2.75, 3.05) is 25.5 Å². The molecule has 0 spiro atoms. The van der Waals surface area contributed by atoms with Crippen molar-refractivity contribution in [3.05, 3.63) is 0 Å². The highest BCUT2D eigenvalue weighted by Crippen LogP contribution is 2.14. The Morgan fingerprint density at radius 2 is 1.89 bits per heavy atom. The first-order chi connectivity index (χ1) is 8.60. The van der Waals surface area contributed by atoms with Gasteiger partial charge in [-0.25, -0.2) is 4.72 Å². The van der Waals surface area contributed by atoms with E-state index >= 15 is 0 Å². The monoisotopic (exact) mass is 296 g/mol. The fourth-order valence-corrected chi connectivity index (χ4v) is 4.01. The van der Waals surface area contributed by atoms with Gasteiger partial charge in [-0.05, 0) is 31.6 Å². The number of halogens is 1. The molecule has 0 aromatic rings. The van der Waals surface area contributed by atoms with E-state index in [9.17, 15) is 8.42 Å². The second kappa shape index (κ2) is 8.35. The average Bonchev–Trinajstić information content (AvgIpc) is 2.38. The first kappa shape index (κ1) is 16.2. The molecule has 108 valence electrons. The molecule has 1 rings (SSSR count). The van der Waals surface area contributed by atoms with Crippen LogP contribution in [0, 0.1) is 5.92 Å². The molecule has 1 heterocycles. The number of piperidine rings is 1. The van der Waals surface area contributed by atoms with Gasteiger partial charge in [0.1, 0.15) is 0 Å². The van der Waals surface area contributed by atoms with Crippen molar-refractivity contribution in [3.8, 4) is 0 Å². The van der Waals surface area contributed by atoms with E-state index in [1.165, 1.54) is 0 Å². The normalized spacial score (nSPS) is 19.9. The summed E-state index contributed by atoms with van der Waals surface area (Å²) in [4.78, 5) is 0. The maximum absolute atomic E-state index is 12.1.